The zero-order valence-electron chi connectivity index (χ0n) is 9.98. The topological polar surface area (TPSA) is 72.2 Å². The van der Waals surface area contributed by atoms with Gasteiger partial charge in [-0.05, 0) is 25.0 Å². The Morgan fingerprint density at radius 3 is 2.06 bits per heavy atom. The lowest BCUT2D eigenvalue weighted by Crippen LogP contribution is -3.00. The molecule has 0 atom stereocenters. The van der Waals surface area contributed by atoms with Gasteiger partial charge in [0, 0.05) is 12.6 Å². The summed E-state index contributed by atoms with van der Waals surface area (Å²) in [5.74, 6) is 0.00995. The molecule has 0 radical (unpaired) electrons. The van der Waals surface area contributed by atoms with E-state index in [4.69, 9.17) is 5.73 Å². The molecule has 4 nitrogen and oxygen atoms in total. The molecule has 0 saturated carbocycles. The monoisotopic (exact) mass is 277 g/mol. The van der Waals surface area contributed by atoms with Crippen molar-refractivity contribution in [3.63, 3.8) is 0 Å². The van der Waals surface area contributed by atoms with E-state index >= 15 is 0 Å². The molecule has 0 unspecified atom stereocenters. The Kier molecular flexibility index (Phi) is 6.70. The van der Waals surface area contributed by atoms with Gasteiger partial charge in [0.1, 0.15) is 0 Å². The van der Waals surface area contributed by atoms with Crippen LogP contribution < -0.4 is 22.9 Å². The lowest BCUT2D eigenvalue weighted by atomic mass is 10.1. The van der Waals surface area contributed by atoms with Gasteiger partial charge in [-0.3, -0.25) is 0 Å². The number of hydrogen-bond donors (Lipinski definition) is 2. The third-order valence-corrected chi connectivity index (χ3v) is 3.57. The Morgan fingerprint density at radius 2 is 1.65 bits per heavy atom. The molecule has 0 fully saturated rings. The van der Waals surface area contributed by atoms with Crippen LogP contribution >= 0.6 is 0 Å². The van der Waals surface area contributed by atoms with Gasteiger partial charge in [0.25, 0.3) is 0 Å². The predicted octanol–water partition coefficient (Wildman–Crippen LogP) is -2.02. The lowest BCUT2D eigenvalue weighted by Gasteiger charge is -2.09. The lowest BCUT2D eigenvalue weighted by molar-refractivity contribution is -0.00000645. The van der Waals surface area contributed by atoms with Crippen LogP contribution in [0.1, 0.15) is 25.0 Å². The minimum absolute atomic E-state index is 0. The second kappa shape index (κ2) is 6.96. The molecule has 1 aromatic carbocycles. The number of halogens is 1. The first kappa shape index (κ1) is 16.4. The van der Waals surface area contributed by atoms with Gasteiger partial charge >= 0.3 is 0 Å². The Morgan fingerprint density at radius 1 is 1.18 bits per heavy atom. The quantitative estimate of drug-likeness (QED) is 0.653. The summed E-state index contributed by atoms with van der Waals surface area (Å²) in [7, 11) is -3.23. The number of nitrogens with one attached hydrogen (secondary N) is 1. The van der Waals surface area contributed by atoms with Crippen molar-refractivity contribution >= 4 is 10.0 Å². The van der Waals surface area contributed by atoms with Crippen molar-refractivity contribution in [2.75, 3.05) is 0 Å². The summed E-state index contributed by atoms with van der Waals surface area (Å²) in [5, 5.41) is 0. The normalized spacial score (nSPS) is 11.3. The van der Waals surface area contributed by atoms with Crippen LogP contribution in [0.15, 0.2) is 24.3 Å². The van der Waals surface area contributed by atoms with Crippen LogP contribution in [0, 0.1) is 0 Å². The first-order valence-electron chi connectivity index (χ1n) is 5.21. The number of nitrogens with two attached hydrogens (primary N) is 1. The first-order chi connectivity index (χ1) is 7.43. The molecule has 6 heteroatoms. The predicted molar refractivity (Wildman–Crippen MR) is 65.2 cm³/mol. The fourth-order valence-corrected chi connectivity index (χ4v) is 2.82. The van der Waals surface area contributed by atoms with Crippen LogP contribution in [0.25, 0.3) is 0 Å². The van der Waals surface area contributed by atoms with Gasteiger partial charge in [-0.2, -0.15) is 0 Å². The first-order valence-corrected chi connectivity index (χ1v) is 6.86. The SMILES string of the molecule is CC(C)NS(=O)(=O)Cc1ccc(CN)cc1.[Cl-]. The van der Waals surface area contributed by atoms with Crippen molar-refractivity contribution < 1.29 is 20.8 Å². The van der Waals surface area contributed by atoms with E-state index in [0.717, 1.165) is 11.1 Å². The maximum absolute atomic E-state index is 11.6. The zero-order chi connectivity index (χ0) is 12.2. The maximum atomic E-state index is 11.6. The third-order valence-electron chi connectivity index (χ3n) is 2.03. The van der Waals surface area contributed by atoms with Gasteiger partial charge in [-0.25, -0.2) is 13.1 Å². The molecule has 0 heterocycles. The minimum atomic E-state index is -3.23. The average Bonchev–Trinajstić information content (AvgIpc) is 2.16. The van der Waals surface area contributed by atoms with Crippen molar-refractivity contribution in [1.82, 2.24) is 4.72 Å². The van der Waals surface area contributed by atoms with Crippen LogP contribution in [-0.2, 0) is 22.3 Å². The molecule has 17 heavy (non-hydrogen) atoms. The van der Waals surface area contributed by atoms with Gasteiger partial charge < -0.3 is 18.1 Å². The summed E-state index contributed by atoms with van der Waals surface area (Å²) in [4.78, 5) is 0. The molecule has 0 bridgehead atoms. The molecule has 3 N–H and O–H groups in total. The van der Waals surface area contributed by atoms with Crippen LogP contribution in [0.4, 0.5) is 0 Å². The van der Waals surface area contributed by atoms with E-state index in [9.17, 15) is 8.42 Å². The molecule has 1 rings (SSSR count). The van der Waals surface area contributed by atoms with Crippen molar-refractivity contribution in [2.45, 2.75) is 32.2 Å². The molecule has 0 aliphatic heterocycles. The highest BCUT2D eigenvalue weighted by molar-refractivity contribution is 7.88. The van der Waals surface area contributed by atoms with Crippen molar-refractivity contribution in [3.8, 4) is 0 Å². The smallest absolute Gasteiger partial charge is 0.216 e. The van der Waals surface area contributed by atoms with Crippen LogP contribution in [-0.4, -0.2) is 14.5 Å². The standard InChI is InChI=1S/C11H18N2O2S.ClH/c1-9(2)13-16(14,15)8-11-5-3-10(7-12)4-6-11;/h3-6,9,13H,7-8,12H2,1-2H3;1H/p-1. The van der Waals surface area contributed by atoms with Crippen LogP contribution in [0.3, 0.4) is 0 Å². The van der Waals surface area contributed by atoms with E-state index in [1.807, 2.05) is 12.1 Å². The molecule has 0 aliphatic carbocycles. The molecule has 1 aromatic rings. The van der Waals surface area contributed by atoms with Gasteiger partial charge in [0.05, 0.1) is 5.75 Å². The molecule has 0 aliphatic rings. The molecule has 0 amide bonds. The maximum Gasteiger partial charge on any atom is 0.216 e. The second-order valence-corrected chi connectivity index (χ2v) is 5.81. The number of hydrogen-bond acceptors (Lipinski definition) is 3. The fourth-order valence-electron chi connectivity index (χ4n) is 1.39. The Bertz CT molecular complexity index is 429. The van der Waals surface area contributed by atoms with E-state index in [-0.39, 0.29) is 24.2 Å². The fraction of sp³-hybridized carbons (Fsp3) is 0.455. The Hall–Kier alpha value is -0.620. The highest BCUT2D eigenvalue weighted by atomic mass is 35.5. The van der Waals surface area contributed by atoms with E-state index in [1.54, 1.807) is 26.0 Å². The summed E-state index contributed by atoms with van der Waals surface area (Å²) >= 11 is 0. The molecule has 98 valence electrons. The summed E-state index contributed by atoms with van der Waals surface area (Å²) in [5.41, 5.74) is 7.23. The number of rotatable bonds is 5. The second-order valence-electron chi connectivity index (χ2n) is 4.05. The van der Waals surface area contributed by atoms with Gasteiger partial charge in [0.15, 0.2) is 0 Å². The number of benzene rings is 1. The van der Waals surface area contributed by atoms with Crippen LogP contribution in [0.5, 0.6) is 0 Å². The van der Waals surface area contributed by atoms with Crippen LogP contribution in [0.2, 0.25) is 0 Å². The Labute approximate surface area is 109 Å². The summed E-state index contributed by atoms with van der Waals surface area (Å²) < 4.78 is 25.8. The molecule has 0 aromatic heterocycles. The van der Waals surface area contributed by atoms with Crippen molar-refractivity contribution in [1.29, 1.82) is 0 Å². The molecule has 0 saturated heterocycles. The van der Waals surface area contributed by atoms with E-state index in [0.29, 0.717) is 6.54 Å². The van der Waals surface area contributed by atoms with Gasteiger partial charge in [0.2, 0.25) is 10.0 Å². The minimum Gasteiger partial charge on any atom is -1.00 e. The highest BCUT2D eigenvalue weighted by Crippen LogP contribution is 2.07. The molecular weight excluding hydrogens is 260 g/mol. The Balaban J connectivity index is 0.00000256. The summed E-state index contributed by atoms with van der Waals surface area (Å²) in [6, 6.07) is 7.21. The van der Waals surface area contributed by atoms with E-state index in [1.165, 1.54) is 0 Å². The number of sulfonamides is 1. The van der Waals surface area contributed by atoms with Crippen molar-refractivity contribution in [2.24, 2.45) is 5.73 Å². The van der Waals surface area contributed by atoms with Gasteiger partial charge in [-0.15, -0.1) is 0 Å². The van der Waals surface area contributed by atoms with Gasteiger partial charge in [-0.1, -0.05) is 24.3 Å². The zero-order valence-corrected chi connectivity index (χ0v) is 11.6. The largest absolute Gasteiger partial charge is 1.00 e. The van der Waals surface area contributed by atoms with Crippen molar-refractivity contribution in [3.05, 3.63) is 35.4 Å². The third kappa shape index (κ3) is 6.02. The summed E-state index contributed by atoms with van der Waals surface area (Å²) in [6.45, 7) is 4.07. The summed E-state index contributed by atoms with van der Waals surface area (Å²) in [6.07, 6.45) is 0. The van der Waals surface area contributed by atoms with E-state index < -0.39 is 10.0 Å². The average molecular weight is 278 g/mol. The van der Waals surface area contributed by atoms with E-state index in [2.05, 4.69) is 4.72 Å². The highest BCUT2D eigenvalue weighted by Gasteiger charge is 2.12. The molecular formula is C11H18ClN2O2S-. The molecule has 0 spiro atoms.